The summed E-state index contributed by atoms with van der Waals surface area (Å²) < 4.78 is 39.9. The maximum atomic E-state index is 13.9. The highest BCUT2D eigenvalue weighted by Crippen LogP contribution is 2.27. The molecule has 7 nitrogen and oxygen atoms in total. The van der Waals surface area contributed by atoms with E-state index in [1.165, 1.54) is 23.5 Å². The van der Waals surface area contributed by atoms with E-state index in [-0.39, 0.29) is 11.4 Å². The topological polar surface area (TPSA) is 76.2 Å². The minimum atomic E-state index is -4.01. The van der Waals surface area contributed by atoms with E-state index >= 15 is 0 Å². The van der Waals surface area contributed by atoms with Gasteiger partial charge in [-0.05, 0) is 90.5 Å². The van der Waals surface area contributed by atoms with Gasteiger partial charge in [-0.1, -0.05) is 30.3 Å². The summed E-state index contributed by atoms with van der Waals surface area (Å²) in [6.07, 6.45) is 1.89. The van der Waals surface area contributed by atoms with Crippen LogP contribution >= 0.6 is 0 Å². The zero-order valence-corrected chi connectivity index (χ0v) is 22.0. The van der Waals surface area contributed by atoms with Crippen molar-refractivity contribution in [3.63, 3.8) is 0 Å². The van der Waals surface area contributed by atoms with E-state index in [2.05, 4.69) is 4.90 Å². The number of rotatable bonds is 12. The molecule has 2 aromatic carbocycles. The van der Waals surface area contributed by atoms with Crippen molar-refractivity contribution in [3.8, 4) is 5.75 Å². The number of hydrogen-bond donors (Lipinski definition) is 0. The van der Waals surface area contributed by atoms with Crippen molar-refractivity contribution in [2.24, 2.45) is 0 Å². The minimum absolute atomic E-state index is 0.0623. The smallest absolute Gasteiger partial charge is 0.324 e. The monoisotopic (exact) mass is 490 g/mol. The van der Waals surface area contributed by atoms with Crippen LogP contribution in [0.5, 0.6) is 5.75 Å². The van der Waals surface area contributed by atoms with Crippen LogP contribution in [0.3, 0.4) is 0 Å². The summed E-state index contributed by atoms with van der Waals surface area (Å²) >= 11 is 0. The number of esters is 1. The summed E-state index contributed by atoms with van der Waals surface area (Å²) in [4.78, 5) is 15.5. The van der Waals surface area contributed by atoms with Crippen LogP contribution in [0, 0.1) is 0 Å². The van der Waals surface area contributed by atoms with E-state index in [1.807, 2.05) is 44.4 Å². The summed E-state index contributed by atoms with van der Waals surface area (Å²) in [5.41, 5.74) is 0.0581. The summed E-state index contributed by atoms with van der Waals surface area (Å²) in [5.74, 6) is 0.0197. The average molecular weight is 491 g/mol. The van der Waals surface area contributed by atoms with Crippen LogP contribution in [-0.4, -0.2) is 63.0 Å². The Morgan fingerprint density at radius 1 is 0.971 bits per heavy atom. The van der Waals surface area contributed by atoms with Gasteiger partial charge < -0.3 is 14.4 Å². The lowest BCUT2D eigenvalue weighted by Crippen LogP contribution is -2.47. The van der Waals surface area contributed by atoms with E-state index in [1.54, 1.807) is 32.9 Å². The van der Waals surface area contributed by atoms with Crippen molar-refractivity contribution in [3.05, 3.63) is 60.2 Å². The predicted molar refractivity (Wildman–Crippen MR) is 134 cm³/mol. The predicted octanol–water partition coefficient (Wildman–Crippen LogP) is 4.33. The second-order valence-corrected chi connectivity index (χ2v) is 11.5. The maximum Gasteiger partial charge on any atom is 0.324 e. The Labute approximate surface area is 204 Å². The second-order valence-electron chi connectivity index (χ2n) is 9.56. The van der Waals surface area contributed by atoms with Gasteiger partial charge in [-0.15, -0.1) is 0 Å². The molecule has 0 saturated heterocycles. The number of nitrogens with zero attached hydrogens (tertiary/aromatic N) is 2. The number of sulfonamides is 1. The molecule has 188 valence electrons. The molecular formula is C26H38N2O5S. The lowest BCUT2D eigenvalue weighted by molar-refractivity contribution is -0.160. The van der Waals surface area contributed by atoms with E-state index in [9.17, 15) is 13.2 Å². The van der Waals surface area contributed by atoms with E-state index in [0.717, 1.165) is 18.5 Å². The summed E-state index contributed by atoms with van der Waals surface area (Å²) in [6, 6.07) is 14.6. The first-order valence-corrected chi connectivity index (χ1v) is 13.0. The summed E-state index contributed by atoms with van der Waals surface area (Å²) in [5, 5.41) is 0. The van der Waals surface area contributed by atoms with Crippen molar-refractivity contribution in [1.29, 1.82) is 0 Å². The molecule has 0 aromatic heterocycles. The Bertz CT molecular complexity index is 1000. The van der Waals surface area contributed by atoms with Crippen molar-refractivity contribution in [2.45, 2.75) is 63.1 Å². The molecule has 0 heterocycles. The second kappa shape index (κ2) is 12.3. The van der Waals surface area contributed by atoms with Gasteiger partial charge in [0.15, 0.2) is 0 Å². The molecule has 0 amide bonds. The van der Waals surface area contributed by atoms with E-state index < -0.39 is 27.6 Å². The third-order valence-electron chi connectivity index (χ3n) is 5.21. The van der Waals surface area contributed by atoms with Crippen LogP contribution in [0.2, 0.25) is 0 Å². The van der Waals surface area contributed by atoms with Gasteiger partial charge in [0, 0.05) is 6.54 Å². The highest BCUT2D eigenvalue weighted by molar-refractivity contribution is 7.89. The fraction of sp³-hybridized carbons (Fsp3) is 0.500. The first kappa shape index (κ1) is 27.8. The molecular weight excluding hydrogens is 452 g/mol. The van der Waals surface area contributed by atoms with Crippen LogP contribution in [-0.2, 0) is 26.1 Å². The molecule has 34 heavy (non-hydrogen) atoms. The number of carbonyl (C=O) groups is 1. The van der Waals surface area contributed by atoms with Crippen LogP contribution in [0.1, 0.15) is 45.6 Å². The normalized spacial score (nSPS) is 13.2. The first-order valence-electron chi connectivity index (χ1n) is 11.5. The van der Waals surface area contributed by atoms with Gasteiger partial charge in [0.1, 0.15) is 17.4 Å². The molecule has 0 aliphatic heterocycles. The number of benzene rings is 2. The highest BCUT2D eigenvalue weighted by Gasteiger charge is 2.38. The van der Waals surface area contributed by atoms with Gasteiger partial charge in [0.2, 0.25) is 10.0 Å². The Kier molecular flexibility index (Phi) is 10.1. The fourth-order valence-electron chi connectivity index (χ4n) is 3.52. The van der Waals surface area contributed by atoms with Gasteiger partial charge in [-0.2, -0.15) is 4.31 Å². The van der Waals surface area contributed by atoms with E-state index in [0.29, 0.717) is 18.6 Å². The molecule has 0 bridgehead atoms. The fourth-order valence-corrected chi connectivity index (χ4v) is 5.12. The molecule has 1 atom stereocenters. The average Bonchev–Trinajstić information content (AvgIpc) is 2.77. The largest absolute Gasteiger partial charge is 0.497 e. The van der Waals surface area contributed by atoms with Gasteiger partial charge in [0.25, 0.3) is 0 Å². The molecule has 0 fully saturated rings. The molecule has 0 saturated carbocycles. The van der Waals surface area contributed by atoms with E-state index in [4.69, 9.17) is 9.47 Å². The number of carbonyl (C=O) groups excluding carboxylic acids is 1. The molecule has 0 spiro atoms. The Balaban J connectivity index is 2.48. The number of methoxy groups -OCH3 is 1. The van der Waals surface area contributed by atoms with Crippen LogP contribution in [0.15, 0.2) is 59.5 Å². The summed E-state index contributed by atoms with van der Waals surface area (Å²) in [6.45, 7) is 6.27. The van der Waals surface area contributed by atoms with Crippen molar-refractivity contribution in [1.82, 2.24) is 9.21 Å². The lowest BCUT2D eigenvalue weighted by atomic mass is 10.1. The van der Waals surface area contributed by atoms with Gasteiger partial charge >= 0.3 is 5.97 Å². The lowest BCUT2D eigenvalue weighted by Gasteiger charge is -2.32. The Hall–Kier alpha value is -2.42. The molecule has 0 unspecified atom stereocenters. The number of unbranched alkanes of at least 4 members (excludes halogenated alkanes) is 1. The quantitative estimate of drug-likeness (QED) is 0.326. The third kappa shape index (κ3) is 8.42. The molecule has 2 aromatic rings. The molecule has 8 heteroatoms. The zero-order valence-electron chi connectivity index (χ0n) is 21.2. The molecule has 2 rings (SSSR count). The van der Waals surface area contributed by atoms with Gasteiger partial charge in [-0.3, -0.25) is 4.79 Å². The van der Waals surface area contributed by atoms with Gasteiger partial charge in [-0.25, -0.2) is 8.42 Å². The molecule has 0 N–H and O–H groups in total. The highest BCUT2D eigenvalue weighted by atomic mass is 32.2. The van der Waals surface area contributed by atoms with Crippen molar-refractivity contribution in [2.75, 3.05) is 27.7 Å². The van der Waals surface area contributed by atoms with Crippen LogP contribution < -0.4 is 4.74 Å². The Morgan fingerprint density at radius 2 is 1.59 bits per heavy atom. The van der Waals surface area contributed by atoms with Crippen molar-refractivity contribution >= 4 is 16.0 Å². The Morgan fingerprint density at radius 3 is 2.12 bits per heavy atom. The molecule has 0 aliphatic carbocycles. The SMILES string of the molecule is COc1ccc(S(=O)(=O)N(Cc2ccccc2)[C@H](CCCCN(C)C)C(=O)OC(C)(C)C)cc1. The van der Waals surface area contributed by atoms with Crippen LogP contribution in [0.25, 0.3) is 0 Å². The molecule has 0 radical (unpaired) electrons. The van der Waals surface area contributed by atoms with Crippen LogP contribution in [0.4, 0.5) is 0 Å². The standard InChI is InChI=1S/C26H38N2O5S/c1-26(2,3)33-25(29)24(14-10-11-19-27(4)5)28(20-21-12-8-7-9-13-21)34(30,31)23-17-15-22(32-6)16-18-23/h7-9,12-13,15-18,24H,10-11,14,19-20H2,1-6H3/t24-/m1/s1. The molecule has 0 aliphatic rings. The van der Waals surface area contributed by atoms with Crippen molar-refractivity contribution < 1.29 is 22.7 Å². The first-order chi connectivity index (χ1) is 15.9. The minimum Gasteiger partial charge on any atom is -0.497 e. The summed E-state index contributed by atoms with van der Waals surface area (Å²) in [7, 11) is 1.49. The van der Waals surface area contributed by atoms with Gasteiger partial charge in [0.05, 0.1) is 12.0 Å². The zero-order chi connectivity index (χ0) is 25.4. The number of hydrogen-bond acceptors (Lipinski definition) is 6. The maximum absolute atomic E-state index is 13.9. The number of ether oxygens (including phenoxy) is 2. The third-order valence-corrected chi connectivity index (χ3v) is 7.08.